The number of methoxy groups -OCH3 is 1. The third-order valence-corrected chi connectivity index (χ3v) is 4.15. The molecular formula is C17H21NO5. The maximum absolute atomic E-state index is 12.6. The van der Waals surface area contributed by atoms with Gasteiger partial charge in [-0.2, -0.15) is 5.06 Å². The summed E-state index contributed by atoms with van der Waals surface area (Å²) in [5.41, 5.74) is 1.95. The summed E-state index contributed by atoms with van der Waals surface area (Å²) >= 11 is 0. The quantitative estimate of drug-likeness (QED) is 0.628. The van der Waals surface area contributed by atoms with Crippen molar-refractivity contribution in [3.8, 4) is 5.75 Å². The van der Waals surface area contributed by atoms with Crippen LogP contribution < -0.4 is 4.84 Å². The van der Waals surface area contributed by atoms with Crippen molar-refractivity contribution in [2.45, 2.75) is 33.1 Å². The number of benzene rings is 1. The van der Waals surface area contributed by atoms with E-state index in [2.05, 4.69) is 4.74 Å². The number of ketones is 1. The van der Waals surface area contributed by atoms with Crippen molar-refractivity contribution in [3.63, 3.8) is 0 Å². The van der Waals surface area contributed by atoms with E-state index in [-0.39, 0.29) is 24.0 Å². The lowest BCUT2D eigenvalue weighted by Crippen LogP contribution is -2.38. The molecule has 0 bridgehead atoms. The van der Waals surface area contributed by atoms with Crippen molar-refractivity contribution in [1.29, 1.82) is 0 Å². The van der Waals surface area contributed by atoms with Crippen LogP contribution in [-0.2, 0) is 14.3 Å². The number of rotatable bonds is 4. The minimum absolute atomic E-state index is 0.0274. The zero-order valence-electron chi connectivity index (χ0n) is 14.0. The van der Waals surface area contributed by atoms with E-state index in [1.807, 2.05) is 6.92 Å². The molecule has 2 rings (SSSR count). The molecule has 0 aromatic heterocycles. The summed E-state index contributed by atoms with van der Waals surface area (Å²) in [6.45, 7) is 5.28. The minimum atomic E-state index is -0.489. The second-order valence-electron chi connectivity index (χ2n) is 5.90. The highest BCUT2D eigenvalue weighted by atomic mass is 16.7. The zero-order valence-corrected chi connectivity index (χ0v) is 14.0. The maximum atomic E-state index is 12.6. The van der Waals surface area contributed by atoms with Gasteiger partial charge in [-0.3, -0.25) is 14.4 Å². The molecule has 1 aromatic rings. The lowest BCUT2D eigenvalue weighted by Gasteiger charge is -2.30. The van der Waals surface area contributed by atoms with Gasteiger partial charge < -0.3 is 9.57 Å². The van der Waals surface area contributed by atoms with Crippen LogP contribution in [0.3, 0.4) is 0 Å². The summed E-state index contributed by atoms with van der Waals surface area (Å²) < 4.78 is 4.61. The Balaban J connectivity index is 2.36. The molecule has 0 fully saturated rings. The molecule has 0 spiro atoms. The SMILES string of the molecule is COC(=O)CC(C)C(=O)c1cc2c(cc1C)ON(C)C(=O)C2C. The lowest BCUT2D eigenvalue weighted by molar-refractivity contribution is -0.157. The second-order valence-corrected chi connectivity index (χ2v) is 5.90. The second kappa shape index (κ2) is 6.40. The molecule has 6 nitrogen and oxygen atoms in total. The number of ether oxygens (including phenoxy) is 1. The number of hydrogen-bond donors (Lipinski definition) is 0. The van der Waals surface area contributed by atoms with Crippen molar-refractivity contribution < 1.29 is 24.0 Å². The first-order valence-electron chi connectivity index (χ1n) is 7.47. The van der Waals surface area contributed by atoms with E-state index in [1.165, 1.54) is 12.2 Å². The van der Waals surface area contributed by atoms with Gasteiger partial charge in [0, 0.05) is 24.1 Å². The fraction of sp³-hybridized carbons (Fsp3) is 0.471. The fourth-order valence-electron chi connectivity index (χ4n) is 2.67. The Morgan fingerprint density at radius 2 is 2.04 bits per heavy atom. The molecule has 1 aliphatic heterocycles. The summed E-state index contributed by atoms with van der Waals surface area (Å²) in [5, 5.41) is 1.20. The van der Waals surface area contributed by atoms with Gasteiger partial charge in [-0.1, -0.05) is 6.92 Å². The molecule has 2 atom stereocenters. The van der Waals surface area contributed by atoms with Crippen LogP contribution in [0.25, 0.3) is 0 Å². The first-order valence-corrected chi connectivity index (χ1v) is 7.47. The number of likely N-dealkylation sites (N-methyl/N-ethyl adjacent to an activating group) is 1. The molecule has 124 valence electrons. The molecule has 2 unspecified atom stereocenters. The number of hydrogen-bond acceptors (Lipinski definition) is 5. The first-order chi connectivity index (χ1) is 10.8. The third-order valence-electron chi connectivity index (χ3n) is 4.15. The number of nitrogens with zero attached hydrogens (tertiary/aromatic N) is 1. The van der Waals surface area contributed by atoms with Gasteiger partial charge in [-0.15, -0.1) is 0 Å². The monoisotopic (exact) mass is 319 g/mol. The van der Waals surface area contributed by atoms with Gasteiger partial charge in [0.2, 0.25) is 0 Å². The number of fused-ring (bicyclic) bond motifs is 1. The van der Waals surface area contributed by atoms with E-state index in [9.17, 15) is 14.4 Å². The summed E-state index contributed by atoms with van der Waals surface area (Å²) in [5.74, 6) is -1.02. The van der Waals surface area contributed by atoms with Crippen LogP contribution >= 0.6 is 0 Å². The van der Waals surface area contributed by atoms with Gasteiger partial charge >= 0.3 is 5.97 Å². The average Bonchev–Trinajstić information content (AvgIpc) is 2.51. The average molecular weight is 319 g/mol. The van der Waals surface area contributed by atoms with Gasteiger partial charge in [0.25, 0.3) is 5.91 Å². The molecule has 0 radical (unpaired) electrons. The summed E-state index contributed by atoms with van der Waals surface area (Å²) in [4.78, 5) is 41.5. The number of aryl methyl sites for hydroxylation is 1. The van der Waals surface area contributed by atoms with Crippen molar-refractivity contribution >= 4 is 17.7 Å². The topological polar surface area (TPSA) is 72.9 Å². The largest absolute Gasteiger partial charge is 0.469 e. The number of Topliss-reactive ketones (excluding diaryl/α,β-unsaturated/α-hetero) is 1. The molecule has 1 aliphatic rings. The number of hydroxylamine groups is 2. The fourth-order valence-corrected chi connectivity index (χ4v) is 2.67. The number of carbonyl (C=O) groups is 3. The van der Waals surface area contributed by atoms with Crippen LogP contribution in [0.5, 0.6) is 5.75 Å². The third kappa shape index (κ3) is 3.21. The van der Waals surface area contributed by atoms with Gasteiger partial charge in [-0.25, -0.2) is 0 Å². The molecule has 0 saturated carbocycles. The van der Waals surface area contributed by atoms with E-state index < -0.39 is 11.9 Å². The normalized spacial score (nSPS) is 18.0. The van der Waals surface area contributed by atoms with Crippen LogP contribution in [-0.4, -0.2) is 36.9 Å². The molecule has 0 aliphatic carbocycles. The highest BCUT2D eigenvalue weighted by Gasteiger charge is 2.32. The van der Waals surface area contributed by atoms with Gasteiger partial charge in [-0.05, 0) is 31.5 Å². The highest BCUT2D eigenvalue weighted by molar-refractivity contribution is 6.01. The number of carbonyl (C=O) groups excluding carboxylic acids is 3. The number of amides is 1. The molecule has 1 amide bonds. The van der Waals surface area contributed by atoms with E-state index >= 15 is 0 Å². The Bertz CT molecular complexity index is 667. The first kappa shape index (κ1) is 17.0. The van der Waals surface area contributed by atoms with Crippen molar-refractivity contribution in [2.75, 3.05) is 14.2 Å². The van der Waals surface area contributed by atoms with Crippen LogP contribution in [0.4, 0.5) is 0 Å². The molecule has 1 aromatic carbocycles. The van der Waals surface area contributed by atoms with E-state index in [1.54, 1.807) is 33.0 Å². The molecule has 6 heteroatoms. The summed E-state index contributed by atoms with van der Waals surface area (Å²) in [6, 6.07) is 3.46. The Morgan fingerprint density at radius 3 is 2.65 bits per heavy atom. The molecular weight excluding hydrogens is 298 g/mol. The Kier molecular flexibility index (Phi) is 4.73. The maximum Gasteiger partial charge on any atom is 0.306 e. The Hall–Kier alpha value is -2.37. The van der Waals surface area contributed by atoms with Gasteiger partial charge in [0.05, 0.1) is 19.4 Å². The van der Waals surface area contributed by atoms with Crippen molar-refractivity contribution in [2.24, 2.45) is 5.92 Å². The van der Waals surface area contributed by atoms with Crippen molar-refractivity contribution in [3.05, 3.63) is 28.8 Å². The van der Waals surface area contributed by atoms with E-state index in [0.717, 1.165) is 5.56 Å². The van der Waals surface area contributed by atoms with Crippen LogP contribution in [0.15, 0.2) is 12.1 Å². The lowest BCUT2D eigenvalue weighted by atomic mass is 9.88. The standard InChI is InChI=1S/C17H21NO5/c1-9-6-14-13(11(3)17(21)18(4)23-14)8-12(9)16(20)10(2)7-15(19)22-5/h6,8,10-11H,7H2,1-5H3. The molecule has 0 N–H and O–H groups in total. The van der Waals surface area contributed by atoms with Crippen molar-refractivity contribution in [1.82, 2.24) is 5.06 Å². The van der Waals surface area contributed by atoms with Gasteiger partial charge in [0.15, 0.2) is 11.5 Å². The molecule has 0 saturated heterocycles. The summed E-state index contributed by atoms with van der Waals surface area (Å²) in [7, 11) is 2.86. The predicted molar refractivity (Wildman–Crippen MR) is 83.1 cm³/mol. The van der Waals surface area contributed by atoms with Crippen LogP contribution in [0.2, 0.25) is 0 Å². The van der Waals surface area contributed by atoms with Gasteiger partial charge in [0.1, 0.15) is 0 Å². The van der Waals surface area contributed by atoms with Crippen LogP contribution in [0, 0.1) is 12.8 Å². The van der Waals surface area contributed by atoms with E-state index in [0.29, 0.717) is 16.9 Å². The zero-order chi connectivity index (χ0) is 17.3. The predicted octanol–water partition coefficient (Wildman–Crippen LogP) is 2.25. The molecule has 23 heavy (non-hydrogen) atoms. The van der Waals surface area contributed by atoms with Crippen LogP contribution in [0.1, 0.15) is 47.7 Å². The van der Waals surface area contributed by atoms with E-state index in [4.69, 9.17) is 4.84 Å². The minimum Gasteiger partial charge on any atom is -0.469 e. The Labute approximate surface area is 135 Å². The Morgan fingerprint density at radius 1 is 1.39 bits per heavy atom. The number of esters is 1. The molecule has 1 heterocycles. The summed E-state index contributed by atoms with van der Waals surface area (Å²) in [6.07, 6.45) is 0.0274. The smallest absolute Gasteiger partial charge is 0.306 e. The highest BCUT2D eigenvalue weighted by Crippen LogP contribution is 2.35.